The SMILES string of the molecule is CC(=O)N(C(C)=O)c1ncc(I)cc1I. The standard InChI is InChI=1S/C9H8I2N2O2/c1-5(14)13(6(2)15)9-8(11)3-7(10)4-12-9/h3-4H,1-2H3. The van der Waals surface area contributed by atoms with E-state index in [1.165, 1.54) is 13.8 Å². The van der Waals surface area contributed by atoms with Gasteiger partial charge in [-0.2, -0.15) is 0 Å². The summed E-state index contributed by atoms with van der Waals surface area (Å²) in [6, 6.07) is 1.86. The Hall–Kier alpha value is -0.250. The molecule has 0 bridgehead atoms. The van der Waals surface area contributed by atoms with Crippen LogP contribution in [0.25, 0.3) is 0 Å². The highest BCUT2D eigenvalue weighted by molar-refractivity contribution is 14.1. The molecular formula is C9H8I2N2O2. The predicted octanol–water partition coefficient (Wildman–Crippen LogP) is 2.19. The van der Waals surface area contributed by atoms with E-state index in [1.807, 2.05) is 6.07 Å². The van der Waals surface area contributed by atoms with Gasteiger partial charge in [0, 0.05) is 23.6 Å². The van der Waals surface area contributed by atoms with Gasteiger partial charge in [-0.1, -0.05) is 0 Å². The molecule has 1 aromatic heterocycles. The summed E-state index contributed by atoms with van der Waals surface area (Å²) in [5.74, 6) is -0.251. The van der Waals surface area contributed by atoms with E-state index in [0.717, 1.165) is 12.0 Å². The number of imide groups is 1. The highest BCUT2D eigenvalue weighted by Crippen LogP contribution is 2.21. The van der Waals surface area contributed by atoms with Crippen LogP contribution in [-0.2, 0) is 9.59 Å². The van der Waals surface area contributed by atoms with Crippen LogP contribution < -0.4 is 4.90 Å². The smallest absolute Gasteiger partial charge is 0.231 e. The van der Waals surface area contributed by atoms with Gasteiger partial charge in [-0.3, -0.25) is 9.59 Å². The summed E-state index contributed by atoms with van der Waals surface area (Å²) in [6.07, 6.45) is 1.62. The van der Waals surface area contributed by atoms with Crippen LogP contribution in [0.1, 0.15) is 13.8 Å². The molecule has 0 aliphatic rings. The van der Waals surface area contributed by atoms with Gasteiger partial charge in [-0.25, -0.2) is 9.88 Å². The molecule has 0 saturated carbocycles. The van der Waals surface area contributed by atoms with Crippen LogP contribution >= 0.6 is 45.2 Å². The molecule has 2 amide bonds. The van der Waals surface area contributed by atoms with E-state index in [9.17, 15) is 9.59 Å². The van der Waals surface area contributed by atoms with Crippen molar-refractivity contribution in [1.82, 2.24) is 4.98 Å². The number of aromatic nitrogens is 1. The van der Waals surface area contributed by atoms with E-state index in [0.29, 0.717) is 5.82 Å². The largest absolute Gasteiger partial charge is 0.274 e. The molecule has 15 heavy (non-hydrogen) atoms. The second kappa shape index (κ2) is 5.19. The molecule has 0 unspecified atom stereocenters. The first kappa shape index (κ1) is 12.8. The van der Waals surface area contributed by atoms with Crippen LogP contribution in [0, 0.1) is 7.14 Å². The average molecular weight is 430 g/mol. The molecule has 0 aliphatic carbocycles. The molecule has 0 saturated heterocycles. The lowest BCUT2D eigenvalue weighted by atomic mass is 10.4. The lowest BCUT2D eigenvalue weighted by molar-refractivity contribution is -0.124. The number of anilines is 1. The number of amides is 2. The van der Waals surface area contributed by atoms with Gasteiger partial charge in [0.1, 0.15) is 0 Å². The maximum absolute atomic E-state index is 11.3. The summed E-state index contributed by atoms with van der Waals surface area (Å²) in [7, 11) is 0. The maximum Gasteiger partial charge on any atom is 0.231 e. The van der Waals surface area contributed by atoms with Gasteiger partial charge < -0.3 is 0 Å². The molecular weight excluding hydrogens is 422 g/mol. The topological polar surface area (TPSA) is 50.3 Å². The van der Waals surface area contributed by atoms with Crippen molar-refractivity contribution in [2.75, 3.05) is 4.90 Å². The van der Waals surface area contributed by atoms with Crippen LogP contribution in [0.5, 0.6) is 0 Å². The van der Waals surface area contributed by atoms with Gasteiger partial charge in [0.15, 0.2) is 5.82 Å². The van der Waals surface area contributed by atoms with Crippen LogP contribution in [0.15, 0.2) is 12.3 Å². The zero-order chi connectivity index (χ0) is 11.6. The molecule has 0 aliphatic heterocycles. The highest BCUT2D eigenvalue weighted by atomic mass is 127. The van der Waals surface area contributed by atoms with Crippen molar-refractivity contribution in [1.29, 1.82) is 0 Å². The number of carbonyl (C=O) groups is 2. The third-order valence-electron chi connectivity index (χ3n) is 1.63. The molecule has 0 atom stereocenters. The van der Waals surface area contributed by atoms with Crippen molar-refractivity contribution in [2.24, 2.45) is 0 Å². The van der Waals surface area contributed by atoms with Crippen molar-refractivity contribution in [3.8, 4) is 0 Å². The molecule has 0 fully saturated rings. The average Bonchev–Trinajstić information content (AvgIpc) is 2.08. The molecule has 1 heterocycles. The number of nitrogens with zero attached hydrogens (tertiary/aromatic N) is 2. The number of halogens is 2. The Morgan fingerprint density at radius 3 is 2.20 bits per heavy atom. The molecule has 80 valence electrons. The van der Waals surface area contributed by atoms with E-state index in [2.05, 4.69) is 50.2 Å². The van der Waals surface area contributed by atoms with E-state index < -0.39 is 0 Å². The summed E-state index contributed by atoms with van der Waals surface area (Å²) < 4.78 is 1.75. The quantitative estimate of drug-likeness (QED) is 0.643. The Balaban J connectivity index is 3.23. The Morgan fingerprint density at radius 2 is 1.80 bits per heavy atom. The van der Waals surface area contributed by atoms with Crippen molar-refractivity contribution in [2.45, 2.75) is 13.8 Å². The molecule has 0 radical (unpaired) electrons. The summed E-state index contributed by atoms with van der Waals surface area (Å²) >= 11 is 4.18. The first-order valence-electron chi connectivity index (χ1n) is 4.05. The summed E-state index contributed by atoms with van der Waals surface area (Å²) in [6.45, 7) is 2.69. The summed E-state index contributed by atoms with van der Waals surface area (Å²) in [5, 5.41) is 0. The molecule has 0 spiro atoms. The lowest BCUT2D eigenvalue weighted by Gasteiger charge is -2.17. The highest BCUT2D eigenvalue weighted by Gasteiger charge is 2.20. The summed E-state index contributed by atoms with van der Waals surface area (Å²) in [5.41, 5.74) is 0. The Labute approximate surface area is 115 Å². The van der Waals surface area contributed by atoms with Gasteiger partial charge in [0.25, 0.3) is 0 Å². The number of rotatable bonds is 1. The third kappa shape index (κ3) is 3.10. The zero-order valence-corrected chi connectivity index (χ0v) is 12.4. The number of hydrogen-bond acceptors (Lipinski definition) is 3. The predicted molar refractivity (Wildman–Crippen MR) is 73.5 cm³/mol. The monoisotopic (exact) mass is 430 g/mol. The van der Waals surface area contributed by atoms with Crippen molar-refractivity contribution >= 4 is 62.8 Å². The van der Waals surface area contributed by atoms with Crippen LogP contribution in [0.4, 0.5) is 5.82 Å². The minimum absolute atomic E-state index is 0.325. The molecule has 1 aromatic rings. The second-order valence-electron chi connectivity index (χ2n) is 2.83. The fourth-order valence-electron chi connectivity index (χ4n) is 1.09. The molecule has 1 rings (SSSR count). The first-order chi connectivity index (χ1) is 6.93. The van der Waals surface area contributed by atoms with Crippen LogP contribution in [0.2, 0.25) is 0 Å². The molecule has 4 nitrogen and oxygen atoms in total. The zero-order valence-electron chi connectivity index (χ0n) is 8.12. The van der Waals surface area contributed by atoms with Crippen molar-refractivity contribution in [3.05, 3.63) is 19.4 Å². The molecule has 0 N–H and O–H groups in total. The fourth-order valence-corrected chi connectivity index (χ4v) is 2.85. The van der Waals surface area contributed by atoms with Crippen LogP contribution in [-0.4, -0.2) is 16.8 Å². The van der Waals surface area contributed by atoms with Gasteiger partial charge >= 0.3 is 0 Å². The number of carbonyl (C=O) groups excluding carboxylic acids is 2. The van der Waals surface area contributed by atoms with E-state index in [1.54, 1.807) is 6.20 Å². The summed E-state index contributed by atoms with van der Waals surface area (Å²) in [4.78, 5) is 27.7. The van der Waals surface area contributed by atoms with Gasteiger partial charge in [0.05, 0.1) is 3.57 Å². The van der Waals surface area contributed by atoms with E-state index in [4.69, 9.17) is 0 Å². The first-order valence-corrected chi connectivity index (χ1v) is 6.21. The number of hydrogen-bond donors (Lipinski definition) is 0. The maximum atomic E-state index is 11.3. The van der Waals surface area contributed by atoms with Gasteiger partial charge in [-0.05, 0) is 51.2 Å². The molecule has 0 aromatic carbocycles. The Bertz CT molecular complexity index is 407. The minimum atomic E-state index is -0.325. The van der Waals surface area contributed by atoms with E-state index >= 15 is 0 Å². The van der Waals surface area contributed by atoms with Crippen molar-refractivity contribution in [3.63, 3.8) is 0 Å². The van der Waals surface area contributed by atoms with Gasteiger partial charge in [0.2, 0.25) is 11.8 Å². The Kier molecular flexibility index (Phi) is 4.44. The third-order valence-corrected chi connectivity index (χ3v) is 3.01. The normalized spacial score (nSPS) is 9.87. The lowest BCUT2D eigenvalue weighted by Crippen LogP contribution is -2.34. The van der Waals surface area contributed by atoms with Crippen LogP contribution in [0.3, 0.4) is 0 Å². The Morgan fingerprint density at radius 1 is 1.27 bits per heavy atom. The van der Waals surface area contributed by atoms with E-state index in [-0.39, 0.29) is 11.8 Å². The van der Waals surface area contributed by atoms with Gasteiger partial charge in [-0.15, -0.1) is 0 Å². The fraction of sp³-hybridized carbons (Fsp3) is 0.222. The molecule has 6 heteroatoms. The van der Waals surface area contributed by atoms with Crippen molar-refractivity contribution < 1.29 is 9.59 Å². The second-order valence-corrected chi connectivity index (χ2v) is 5.24. The number of pyridine rings is 1. The minimum Gasteiger partial charge on any atom is -0.274 e.